The van der Waals surface area contributed by atoms with Crippen molar-refractivity contribution in [2.45, 2.75) is 32.4 Å². The second kappa shape index (κ2) is 4.66. The van der Waals surface area contributed by atoms with Crippen LogP contribution >= 0.6 is 0 Å². The molecule has 1 heterocycles. The van der Waals surface area contributed by atoms with Gasteiger partial charge in [0.05, 0.1) is 6.04 Å². The molecule has 16 heavy (non-hydrogen) atoms. The molecule has 0 aliphatic carbocycles. The van der Waals surface area contributed by atoms with Gasteiger partial charge in [-0.1, -0.05) is 37.3 Å². The predicted octanol–water partition coefficient (Wildman–Crippen LogP) is 2.34. The topological polar surface area (TPSA) is 29.5 Å². The molecule has 86 valence electrons. The van der Waals surface area contributed by atoms with E-state index in [1.54, 1.807) is 4.90 Å². The molecule has 1 aliphatic rings. The van der Waals surface area contributed by atoms with Crippen molar-refractivity contribution in [1.82, 2.24) is 4.90 Å². The first-order valence-electron chi connectivity index (χ1n) is 5.70. The number of rotatable bonds is 2. The molecule has 1 amide bonds. The Morgan fingerprint density at radius 3 is 2.75 bits per heavy atom. The zero-order valence-electron chi connectivity index (χ0n) is 9.72. The molecule has 0 N–H and O–H groups in total. The summed E-state index contributed by atoms with van der Waals surface area (Å²) in [5.74, 6) is 0.158. The molecule has 3 heteroatoms. The molecule has 1 saturated heterocycles. The number of carbonyl (C=O) groups excluding carboxylic acids is 1. The number of hydrogen-bond donors (Lipinski definition) is 0. The Hall–Kier alpha value is -1.35. The summed E-state index contributed by atoms with van der Waals surface area (Å²) < 4.78 is 5.69. The van der Waals surface area contributed by atoms with Crippen molar-refractivity contribution in [3.05, 3.63) is 35.9 Å². The zero-order chi connectivity index (χ0) is 11.5. The molecule has 2 rings (SSSR count). The van der Waals surface area contributed by atoms with Crippen LogP contribution in [0, 0.1) is 0 Å². The third-order valence-corrected chi connectivity index (χ3v) is 3.07. The van der Waals surface area contributed by atoms with Gasteiger partial charge in [-0.2, -0.15) is 0 Å². The van der Waals surface area contributed by atoms with Crippen LogP contribution in [0.5, 0.6) is 0 Å². The largest absolute Gasteiger partial charge is 0.351 e. The Morgan fingerprint density at radius 1 is 1.44 bits per heavy atom. The number of benzene rings is 1. The highest BCUT2D eigenvalue weighted by molar-refractivity contribution is 5.76. The van der Waals surface area contributed by atoms with Crippen molar-refractivity contribution < 1.29 is 9.53 Å². The summed E-state index contributed by atoms with van der Waals surface area (Å²) in [6, 6.07) is 10.2. The smallest absolute Gasteiger partial charge is 0.224 e. The van der Waals surface area contributed by atoms with Crippen LogP contribution < -0.4 is 0 Å². The molecule has 0 bridgehead atoms. The Morgan fingerprint density at radius 2 is 2.12 bits per heavy atom. The SMILES string of the molecule is CCC(=O)N1CO[C@@H](c2ccccc2)[C@H]1C. The summed E-state index contributed by atoms with van der Waals surface area (Å²) in [6.45, 7) is 4.33. The van der Waals surface area contributed by atoms with E-state index in [4.69, 9.17) is 4.74 Å². The van der Waals surface area contributed by atoms with Crippen molar-refractivity contribution in [2.75, 3.05) is 6.73 Å². The summed E-state index contributed by atoms with van der Waals surface area (Å²) in [4.78, 5) is 13.5. The van der Waals surface area contributed by atoms with Gasteiger partial charge < -0.3 is 9.64 Å². The highest BCUT2D eigenvalue weighted by atomic mass is 16.5. The molecule has 0 unspecified atom stereocenters. The van der Waals surface area contributed by atoms with Gasteiger partial charge in [-0.05, 0) is 12.5 Å². The van der Waals surface area contributed by atoms with Gasteiger partial charge in [0.25, 0.3) is 0 Å². The Balaban J connectivity index is 2.13. The van der Waals surface area contributed by atoms with E-state index in [1.807, 2.05) is 44.2 Å². The van der Waals surface area contributed by atoms with Crippen molar-refractivity contribution >= 4 is 5.91 Å². The lowest BCUT2D eigenvalue weighted by molar-refractivity contribution is -0.132. The lowest BCUT2D eigenvalue weighted by Crippen LogP contribution is -2.34. The first-order valence-corrected chi connectivity index (χ1v) is 5.70. The van der Waals surface area contributed by atoms with Gasteiger partial charge in [0.15, 0.2) is 0 Å². The lowest BCUT2D eigenvalue weighted by Gasteiger charge is -2.21. The first kappa shape index (κ1) is 11.1. The van der Waals surface area contributed by atoms with Crippen molar-refractivity contribution in [1.29, 1.82) is 0 Å². The first-order chi connectivity index (χ1) is 7.74. The highest BCUT2D eigenvalue weighted by Crippen LogP contribution is 2.30. The lowest BCUT2D eigenvalue weighted by atomic mass is 10.0. The average Bonchev–Trinajstić information content (AvgIpc) is 2.71. The molecule has 0 radical (unpaired) electrons. The van der Waals surface area contributed by atoms with Crippen LogP contribution in [0.15, 0.2) is 30.3 Å². The minimum atomic E-state index is 0.0108. The summed E-state index contributed by atoms with van der Waals surface area (Å²) in [6.07, 6.45) is 0.548. The van der Waals surface area contributed by atoms with Gasteiger partial charge in [0, 0.05) is 6.42 Å². The zero-order valence-corrected chi connectivity index (χ0v) is 9.72. The average molecular weight is 219 g/mol. The van der Waals surface area contributed by atoms with Crippen LogP contribution in [0.3, 0.4) is 0 Å². The van der Waals surface area contributed by atoms with E-state index in [2.05, 4.69) is 0 Å². The number of amides is 1. The molecule has 3 nitrogen and oxygen atoms in total. The fourth-order valence-corrected chi connectivity index (χ4v) is 2.10. The van der Waals surface area contributed by atoms with Crippen LogP contribution in [-0.2, 0) is 9.53 Å². The van der Waals surface area contributed by atoms with E-state index >= 15 is 0 Å². The second-order valence-corrected chi connectivity index (χ2v) is 4.08. The summed E-state index contributed by atoms with van der Waals surface area (Å²) >= 11 is 0. The van der Waals surface area contributed by atoms with Gasteiger partial charge in [0.1, 0.15) is 12.8 Å². The molecular formula is C13H17NO2. The van der Waals surface area contributed by atoms with E-state index in [-0.39, 0.29) is 18.1 Å². The van der Waals surface area contributed by atoms with Gasteiger partial charge in [0.2, 0.25) is 5.91 Å². The molecule has 0 saturated carbocycles. The van der Waals surface area contributed by atoms with Crippen molar-refractivity contribution in [2.24, 2.45) is 0 Å². The summed E-state index contributed by atoms with van der Waals surface area (Å²) in [7, 11) is 0. The molecule has 1 aromatic carbocycles. The third kappa shape index (κ3) is 1.95. The van der Waals surface area contributed by atoms with Gasteiger partial charge >= 0.3 is 0 Å². The maximum absolute atomic E-state index is 11.6. The van der Waals surface area contributed by atoms with Gasteiger partial charge in [-0.15, -0.1) is 0 Å². The Bertz CT molecular complexity index is 363. The predicted molar refractivity (Wildman–Crippen MR) is 61.7 cm³/mol. The van der Waals surface area contributed by atoms with E-state index in [1.165, 1.54) is 0 Å². The summed E-state index contributed by atoms with van der Waals surface area (Å²) in [5, 5.41) is 0. The van der Waals surface area contributed by atoms with Crippen LogP contribution in [0.2, 0.25) is 0 Å². The fourth-order valence-electron chi connectivity index (χ4n) is 2.10. The van der Waals surface area contributed by atoms with E-state index in [0.29, 0.717) is 13.2 Å². The molecule has 0 aromatic heterocycles. The van der Waals surface area contributed by atoms with Crippen molar-refractivity contribution in [3.63, 3.8) is 0 Å². The second-order valence-electron chi connectivity index (χ2n) is 4.08. The molecule has 0 spiro atoms. The number of hydrogen-bond acceptors (Lipinski definition) is 2. The van der Waals surface area contributed by atoms with Gasteiger partial charge in [-0.3, -0.25) is 4.79 Å². The molecule has 1 fully saturated rings. The quantitative estimate of drug-likeness (QED) is 0.764. The Labute approximate surface area is 96.0 Å². The Kier molecular flexibility index (Phi) is 3.25. The molecule has 2 atom stereocenters. The van der Waals surface area contributed by atoms with Crippen LogP contribution in [-0.4, -0.2) is 23.6 Å². The minimum Gasteiger partial charge on any atom is -0.351 e. The molecule has 1 aliphatic heterocycles. The maximum atomic E-state index is 11.6. The maximum Gasteiger partial charge on any atom is 0.224 e. The minimum absolute atomic E-state index is 0.0108. The summed E-state index contributed by atoms with van der Waals surface area (Å²) in [5.41, 5.74) is 1.14. The van der Waals surface area contributed by atoms with Crippen LogP contribution in [0.1, 0.15) is 31.9 Å². The third-order valence-electron chi connectivity index (χ3n) is 3.07. The highest BCUT2D eigenvalue weighted by Gasteiger charge is 2.34. The number of nitrogens with zero attached hydrogens (tertiary/aromatic N) is 1. The van der Waals surface area contributed by atoms with E-state index in [9.17, 15) is 4.79 Å². The van der Waals surface area contributed by atoms with E-state index < -0.39 is 0 Å². The molecular weight excluding hydrogens is 202 g/mol. The monoisotopic (exact) mass is 219 g/mol. The number of carbonyl (C=O) groups is 1. The standard InChI is InChI=1S/C13H17NO2/c1-3-12(15)14-9-16-13(10(14)2)11-7-5-4-6-8-11/h4-8,10,13H,3,9H2,1-2H3/t10-,13-/m1/s1. The number of ether oxygens (including phenoxy) is 1. The van der Waals surface area contributed by atoms with E-state index in [0.717, 1.165) is 5.56 Å². The molecule has 1 aromatic rings. The fraction of sp³-hybridized carbons (Fsp3) is 0.462. The van der Waals surface area contributed by atoms with Crippen molar-refractivity contribution in [3.8, 4) is 0 Å². The van der Waals surface area contributed by atoms with Gasteiger partial charge in [-0.25, -0.2) is 0 Å². The normalized spacial score (nSPS) is 24.8. The van der Waals surface area contributed by atoms with Crippen LogP contribution in [0.25, 0.3) is 0 Å². The van der Waals surface area contributed by atoms with Crippen LogP contribution in [0.4, 0.5) is 0 Å².